The zero-order chi connectivity index (χ0) is 13.9. The summed E-state index contributed by atoms with van der Waals surface area (Å²) in [5.74, 6) is -0.130. The molecule has 0 unspecified atom stereocenters. The Kier molecular flexibility index (Phi) is 3.74. The van der Waals surface area contributed by atoms with E-state index in [1.165, 1.54) is 5.39 Å². The Morgan fingerprint density at radius 1 is 1.30 bits per heavy atom. The highest BCUT2D eigenvalue weighted by Crippen LogP contribution is 2.23. The second-order valence-corrected chi connectivity index (χ2v) is 5.49. The van der Waals surface area contributed by atoms with Gasteiger partial charge in [-0.1, -0.05) is 12.1 Å². The highest BCUT2D eigenvalue weighted by atomic mass is 16.5. The molecule has 1 aliphatic heterocycles. The lowest BCUT2D eigenvalue weighted by Crippen LogP contribution is -2.20. The molecule has 0 radical (unpaired) electrons. The Hall–Kier alpha value is -1.81. The molecule has 20 heavy (non-hydrogen) atoms. The SMILES string of the molecule is O=C(O)Cc1ccc2ccn(CC3CCOCC3)c2c1. The molecule has 1 aliphatic rings. The number of hydrogen-bond acceptors (Lipinski definition) is 2. The summed E-state index contributed by atoms with van der Waals surface area (Å²) >= 11 is 0. The Morgan fingerprint density at radius 2 is 2.10 bits per heavy atom. The Labute approximate surface area is 118 Å². The minimum absolute atomic E-state index is 0.0817. The van der Waals surface area contributed by atoms with Gasteiger partial charge >= 0.3 is 5.97 Å². The molecule has 0 bridgehead atoms. The number of aromatic nitrogens is 1. The minimum atomic E-state index is -0.785. The van der Waals surface area contributed by atoms with Crippen LogP contribution in [0.4, 0.5) is 0 Å². The summed E-state index contributed by atoms with van der Waals surface area (Å²) in [6.45, 7) is 2.70. The molecule has 106 valence electrons. The first-order valence-electron chi connectivity index (χ1n) is 7.10. The molecule has 0 atom stereocenters. The van der Waals surface area contributed by atoms with Crippen LogP contribution in [-0.2, 0) is 22.5 Å². The van der Waals surface area contributed by atoms with Crippen LogP contribution in [-0.4, -0.2) is 28.9 Å². The number of benzene rings is 1. The number of hydrogen-bond donors (Lipinski definition) is 1. The van der Waals surface area contributed by atoms with Crippen molar-refractivity contribution in [2.24, 2.45) is 5.92 Å². The van der Waals surface area contributed by atoms with Crippen molar-refractivity contribution in [3.05, 3.63) is 36.0 Å². The highest BCUT2D eigenvalue weighted by molar-refractivity contribution is 5.82. The normalized spacial score (nSPS) is 16.6. The molecule has 1 fully saturated rings. The van der Waals surface area contributed by atoms with E-state index in [2.05, 4.69) is 16.8 Å². The molecule has 4 nitrogen and oxygen atoms in total. The first-order valence-corrected chi connectivity index (χ1v) is 7.10. The van der Waals surface area contributed by atoms with Crippen LogP contribution >= 0.6 is 0 Å². The Balaban J connectivity index is 1.84. The van der Waals surface area contributed by atoms with Crippen LogP contribution in [0.5, 0.6) is 0 Å². The second-order valence-electron chi connectivity index (χ2n) is 5.49. The molecular weight excluding hydrogens is 254 g/mol. The Morgan fingerprint density at radius 3 is 2.85 bits per heavy atom. The van der Waals surface area contributed by atoms with Gasteiger partial charge in [0.25, 0.3) is 0 Å². The molecule has 1 N–H and O–H groups in total. The number of carboxylic acid groups (broad SMARTS) is 1. The molecule has 4 heteroatoms. The predicted molar refractivity (Wildman–Crippen MR) is 76.8 cm³/mol. The van der Waals surface area contributed by atoms with Crippen LogP contribution in [0.15, 0.2) is 30.5 Å². The molecule has 2 heterocycles. The van der Waals surface area contributed by atoms with Crippen LogP contribution in [0.25, 0.3) is 10.9 Å². The molecule has 3 rings (SSSR count). The molecule has 0 spiro atoms. The fourth-order valence-corrected chi connectivity index (χ4v) is 2.88. The third kappa shape index (κ3) is 2.85. The fourth-order valence-electron chi connectivity index (χ4n) is 2.88. The third-order valence-electron chi connectivity index (χ3n) is 3.99. The fraction of sp³-hybridized carbons (Fsp3) is 0.438. The van der Waals surface area contributed by atoms with Crippen LogP contribution < -0.4 is 0 Å². The summed E-state index contributed by atoms with van der Waals surface area (Å²) in [6, 6.07) is 8.01. The van der Waals surface area contributed by atoms with Crippen LogP contribution in [0.2, 0.25) is 0 Å². The zero-order valence-electron chi connectivity index (χ0n) is 11.4. The van der Waals surface area contributed by atoms with Gasteiger partial charge in [-0.15, -0.1) is 0 Å². The number of fused-ring (bicyclic) bond motifs is 1. The molecule has 0 aliphatic carbocycles. The van der Waals surface area contributed by atoms with Gasteiger partial charge in [0.15, 0.2) is 0 Å². The predicted octanol–water partition coefficient (Wildman–Crippen LogP) is 2.70. The van der Waals surface area contributed by atoms with Gasteiger partial charge in [-0.2, -0.15) is 0 Å². The first kappa shape index (κ1) is 13.2. The lowest BCUT2D eigenvalue weighted by Gasteiger charge is -2.22. The molecule has 1 saturated heterocycles. The van der Waals surface area contributed by atoms with E-state index in [0.717, 1.165) is 43.7 Å². The number of rotatable bonds is 4. The van der Waals surface area contributed by atoms with Gasteiger partial charge in [0.1, 0.15) is 0 Å². The second kappa shape index (κ2) is 5.67. The van der Waals surface area contributed by atoms with Crippen molar-refractivity contribution in [3.8, 4) is 0 Å². The van der Waals surface area contributed by atoms with Crippen molar-refractivity contribution in [2.45, 2.75) is 25.8 Å². The average Bonchev–Trinajstić information content (AvgIpc) is 2.82. The van der Waals surface area contributed by atoms with E-state index >= 15 is 0 Å². The maximum Gasteiger partial charge on any atom is 0.307 e. The molecular formula is C16H19NO3. The Bertz CT molecular complexity index is 611. The largest absolute Gasteiger partial charge is 0.481 e. The lowest BCUT2D eigenvalue weighted by atomic mass is 10.0. The number of carbonyl (C=O) groups is 1. The van der Waals surface area contributed by atoms with E-state index in [1.54, 1.807) is 0 Å². The third-order valence-corrected chi connectivity index (χ3v) is 3.99. The van der Waals surface area contributed by atoms with Crippen molar-refractivity contribution in [2.75, 3.05) is 13.2 Å². The summed E-state index contributed by atoms with van der Waals surface area (Å²) in [7, 11) is 0. The zero-order valence-corrected chi connectivity index (χ0v) is 11.4. The monoisotopic (exact) mass is 273 g/mol. The van der Waals surface area contributed by atoms with E-state index in [1.807, 2.05) is 18.2 Å². The van der Waals surface area contributed by atoms with Crippen molar-refractivity contribution in [3.63, 3.8) is 0 Å². The van der Waals surface area contributed by atoms with Gasteiger partial charge in [0.05, 0.1) is 6.42 Å². The molecule has 0 saturated carbocycles. The average molecular weight is 273 g/mol. The highest BCUT2D eigenvalue weighted by Gasteiger charge is 2.15. The van der Waals surface area contributed by atoms with E-state index in [9.17, 15) is 4.79 Å². The maximum absolute atomic E-state index is 10.8. The molecule has 1 aromatic heterocycles. The van der Waals surface area contributed by atoms with E-state index in [-0.39, 0.29) is 6.42 Å². The van der Waals surface area contributed by atoms with Gasteiger partial charge in [0, 0.05) is 31.5 Å². The van der Waals surface area contributed by atoms with Gasteiger partial charge in [0.2, 0.25) is 0 Å². The summed E-state index contributed by atoms with van der Waals surface area (Å²) in [4.78, 5) is 10.8. The lowest BCUT2D eigenvalue weighted by molar-refractivity contribution is -0.136. The van der Waals surface area contributed by atoms with Crippen molar-refractivity contribution >= 4 is 16.9 Å². The van der Waals surface area contributed by atoms with E-state index in [0.29, 0.717) is 5.92 Å². The minimum Gasteiger partial charge on any atom is -0.481 e. The van der Waals surface area contributed by atoms with Gasteiger partial charge < -0.3 is 14.4 Å². The number of carboxylic acids is 1. The number of ether oxygens (including phenoxy) is 1. The first-order chi connectivity index (χ1) is 9.72. The molecule has 0 amide bonds. The van der Waals surface area contributed by atoms with Crippen molar-refractivity contribution in [1.29, 1.82) is 0 Å². The van der Waals surface area contributed by atoms with Crippen molar-refractivity contribution in [1.82, 2.24) is 4.57 Å². The standard InChI is InChI=1S/C16H19NO3/c18-16(19)10-13-1-2-14-3-6-17(15(14)9-13)11-12-4-7-20-8-5-12/h1-3,6,9,12H,4-5,7-8,10-11H2,(H,18,19). The summed E-state index contributed by atoms with van der Waals surface area (Å²) in [5.41, 5.74) is 1.99. The summed E-state index contributed by atoms with van der Waals surface area (Å²) < 4.78 is 7.64. The quantitative estimate of drug-likeness (QED) is 0.931. The van der Waals surface area contributed by atoms with Crippen molar-refractivity contribution < 1.29 is 14.6 Å². The summed E-state index contributed by atoms with van der Waals surface area (Å²) in [5, 5.41) is 10.1. The summed E-state index contributed by atoms with van der Waals surface area (Å²) in [6.07, 6.45) is 4.39. The molecule has 2 aromatic rings. The van der Waals surface area contributed by atoms with Gasteiger partial charge in [-0.05, 0) is 41.8 Å². The number of aliphatic carboxylic acids is 1. The molecule has 1 aromatic carbocycles. The van der Waals surface area contributed by atoms with Crippen LogP contribution in [0.1, 0.15) is 18.4 Å². The smallest absolute Gasteiger partial charge is 0.307 e. The van der Waals surface area contributed by atoms with Crippen LogP contribution in [0, 0.1) is 5.92 Å². The maximum atomic E-state index is 10.8. The van der Waals surface area contributed by atoms with E-state index in [4.69, 9.17) is 9.84 Å². The topological polar surface area (TPSA) is 51.5 Å². The van der Waals surface area contributed by atoms with Gasteiger partial charge in [-0.25, -0.2) is 0 Å². The van der Waals surface area contributed by atoms with Crippen LogP contribution in [0.3, 0.4) is 0 Å². The van der Waals surface area contributed by atoms with E-state index < -0.39 is 5.97 Å². The van der Waals surface area contributed by atoms with Gasteiger partial charge in [-0.3, -0.25) is 4.79 Å². The number of nitrogens with zero attached hydrogens (tertiary/aromatic N) is 1.